The summed E-state index contributed by atoms with van der Waals surface area (Å²) >= 11 is 0. The fraction of sp³-hybridized carbons (Fsp3) is 0.250. The van der Waals surface area contributed by atoms with Crippen LogP contribution in [0.15, 0.2) is 84.9 Å². The molecule has 43 heavy (non-hydrogen) atoms. The number of ether oxygens (including phenoxy) is 2. The molecule has 0 bridgehead atoms. The van der Waals surface area contributed by atoms with Crippen LogP contribution >= 0.6 is 0 Å². The number of aliphatic carboxylic acids is 1. The van der Waals surface area contributed by atoms with E-state index in [1.807, 2.05) is 60.1 Å². The zero-order valence-corrected chi connectivity index (χ0v) is 25.0. The number of ketones is 1. The van der Waals surface area contributed by atoms with Gasteiger partial charge in [0.25, 0.3) is 0 Å². The second-order valence-corrected chi connectivity index (χ2v) is 10.7. The first-order valence-electron chi connectivity index (χ1n) is 14.5. The molecule has 220 valence electrons. The van der Waals surface area contributed by atoms with E-state index in [2.05, 4.69) is 50.2 Å². The van der Waals surface area contributed by atoms with Crippen LogP contribution in [0.3, 0.4) is 0 Å². The van der Waals surface area contributed by atoms with E-state index in [0.717, 1.165) is 55.9 Å². The quantitative estimate of drug-likeness (QED) is 0.151. The first kappa shape index (κ1) is 29.6. The molecule has 1 aromatic heterocycles. The Labute approximate surface area is 251 Å². The number of hydrogen-bond donors (Lipinski definition) is 1. The Morgan fingerprint density at radius 1 is 0.907 bits per heavy atom. The smallest absolute Gasteiger partial charge is 0.303 e. The summed E-state index contributed by atoms with van der Waals surface area (Å²) in [6.45, 7) is 6.67. The molecule has 1 unspecified atom stereocenters. The van der Waals surface area contributed by atoms with E-state index in [1.165, 1.54) is 0 Å². The lowest BCUT2D eigenvalue weighted by molar-refractivity contribution is -0.137. The maximum absolute atomic E-state index is 12.6. The van der Waals surface area contributed by atoms with Crippen LogP contribution in [-0.4, -0.2) is 40.4 Å². The summed E-state index contributed by atoms with van der Waals surface area (Å²) < 4.78 is 13.4. The summed E-state index contributed by atoms with van der Waals surface area (Å²) in [7, 11) is 1.67. The molecule has 5 aromatic rings. The number of carboxylic acid groups (broad SMARTS) is 1. The molecule has 1 N–H and O–H groups in total. The van der Waals surface area contributed by atoms with Gasteiger partial charge in [0.2, 0.25) is 0 Å². The van der Waals surface area contributed by atoms with Crippen LogP contribution in [0.1, 0.15) is 60.6 Å². The van der Waals surface area contributed by atoms with E-state index in [9.17, 15) is 9.59 Å². The predicted molar refractivity (Wildman–Crippen MR) is 169 cm³/mol. The molecule has 0 fully saturated rings. The Hall–Kier alpha value is -4.91. The number of methoxy groups -OCH3 is 1. The van der Waals surface area contributed by atoms with Gasteiger partial charge in [-0.15, -0.1) is 0 Å². The molecular formula is C36H36N2O5. The third kappa shape index (κ3) is 6.61. The summed E-state index contributed by atoms with van der Waals surface area (Å²) in [6.07, 6.45) is 0.521. The Bertz CT molecular complexity index is 1770. The monoisotopic (exact) mass is 576 g/mol. The van der Waals surface area contributed by atoms with E-state index in [4.69, 9.17) is 19.7 Å². The van der Waals surface area contributed by atoms with E-state index in [0.29, 0.717) is 18.6 Å². The molecule has 5 rings (SSSR count). The number of rotatable bonds is 12. The largest absolute Gasteiger partial charge is 0.497 e. The molecule has 4 aromatic carbocycles. The zero-order valence-electron chi connectivity index (χ0n) is 25.0. The SMILES string of the molecule is CCOc1ccc(C)cc1-c1cc(-c2ccc3cc(OC)ccc3c2)n(C(C)c2ccc(C(=O)CCCC(=O)O)cc2)n1. The summed E-state index contributed by atoms with van der Waals surface area (Å²) in [4.78, 5) is 23.4. The lowest BCUT2D eigenvalue weighted by Gasteiger charge is -2.17. The van der Waals surface area contributed by atoms with Crippen molar-refractivity contribution in [1.29, 1.82) is 0 Å². The van der Waals surface area contributed by atoms with Gasteiger partial charge in [-0.3, -0.25) is 14.3 Å². The van der Waals surface area contributed by atoms with Crippen LogP contribution in [0.2, 0.25) is 0 Å². The minimum Gasteiger partial charge on any atom is -0.497 e. The van der Waals surface area contributed by atoms with Crippen LogP contribution in [0.25, 0.3) is 33.3 Å². The van der Waals surface area contributed by atoms with Gasteiger partial charge >= 0.3 is 5.97 Å². The number of carbonyl (C=O) groups is 2. The standard InChI is InChI=1S/C36H36N2O5/c1-5-43-35-18-9-23(2)19-31(35)32-22-33(29-15-14-28-21-30(42-4)17-16-27(28)20-29)38(37-32)24(3)25-10-12-26(13-11-25)34(39)7-6-8-36(40)41/h9-22,24H,5-8H2,1-4H3,(H,40,41). The van der Waals surface area contributed by atoms with Gasteiger partial charge in [-0.2, -0.15) is 5.10 Å². The Balaban J connectivity index is 1.55. The van der Waals surface area contributed by atoms with E-state index in [-0.39, 0.29) is 24.7 Å². The van der Waals surface area contributed by atoms with Crippen molar-refractivity contribution in [3.63, 3.8) is 0 Å². The van der Waals surface area contributed by atoms with Crippen molar-refractivity contribution in [1.82, 2.24) is 9.78 Å². The first-order chi connectivity index (χ1) is 20.8. The van der Waals surface area contributed by atoms with E-state index < -0.39 is 5.97 Å². The molecule has 0 aliphatic heterocycles. The van der Waals surface area contributed by atoms with Crippen LogP contribution < -0.4 is 9.47 Å². The lowest BCUT2D eigenvalue weighted by atomic mass is 10.0. The van der Waals surface area contributed by atoms with Crippen molar-refractivity contribution >= 4 is 22.5 Å². The lowest BCUT2D eigenvalue weighted by Crippen LogP contribution is -2.11. The summed E-state index contributed by atoms with van der Waals surface area (Å²) in [5.41, 5.74) is 6.42. The summed E-state index contributed by atoms with van der Waals surface area (Å²) in [6, 6.07) is 28.0. The number of aromatic nitrogens is 2. The van der Waals surface area contributed by atoms with Gasteiger partial charge in [0.05, 0.1) is 31.1 Å². The molecule has 1 heterocycles. The average Bonchev–Trinajstić information content (AvgIpc) is 3.46. The Kier molecular flexibility index (Phi) is 8.90. The first-order valence-corrected chi connectivity index (χ1v) is 14.5. The normalized spacial score (nSPS) is 11.8. The second kappa shape index (κ2) is 12.9. The number of fused-ring (bicyclic) bond motifs is 1. The van der Waals surface area contributed by atoms with Gasteiger partial charge in [-0.1, -0.05) is 54.1 Å². The molecule has 0 saturated heterocycles. The number of aryl methyl sites for hydroxylation is 1. The highest BCUT2D eigenvalue weighted by Crippen LogP contribution is 2.36. The highest BCUT2D eigenvalue weighted by molar-refractivity contribution is 5.96. The van der Waals surface area contributed by atoms with Gasteiger partial charge < -0.3 is 14.6 Å². The Morgan fingerprint density at radius 3 is 2.37 bits per heavy atom. The van der Waals surface area contributed by atoms with Gasteiger partial charge in [-0.05, 0) is 79.9 Å². The number of benzene rings is 4. The van der Waals surface area contributed by atoms with E-state index in [1.54, 1.807) is 7.11 Å². The average molecular weight is 577 g/mol. The van der Waals surface area contributed by atoms with Gasteiger partial charge in [0.1, 0.15) is 11.5 Å². The second-order valence-electron chi connectivity index (χ2n) is 10.7. The molecule has 0 aliphatic rings. The number of hydrogen-bond acceptors (Lipinski definition) is 5. The molecule has 7 nitrogen and oxygen atoms in total. The molecule has 1 atom stereocenters. The fourth-order valence-corrected chi connectivity index (χ4v) is 5.31. The van der Waals surface area contributed by atoms with Crippen LogP contribution in [0.5, 0.6) is 11.5 Å². The number of Topliss-reactive ketones (excluding diaryl/α,β-unsaturated/α-hetero) is 1. The molecule has 0 saturated carbocycles. The van der Waals surface area contributed by atoms with Crippen molar-refractivity contribution in [3.8, 4) is 34.0 Å². The molecular weight excluding hydrogens is 540 g/mol. The fourth-order valence-electron chi connectivity index (χ4n) is 5.31. The highest BCUT2D eigenvalue weighted by Gasteiger charge is 2.20. The van der Waals surface area contributed by atoms with Crippen LogP contribution in [0.4, 0.5) is 0 Å². The number of carboxylic acids is 1. The third-order valence-electron chi connectivity index (χ3n) is 7.67. The zero-order chi connectivity index (χ0) is 30.5. The summed E-state index contributed by atoms with van der Waals surface area (Å²) in [5.74, 6) is 0.649. The van der Waals surface area contributed by atoms with Crippen molar-refractivity contribution in [2.45, 2.75) is 46.1 Å². The van der Waals surface area contributed by atoms with Crippen molar-refractivity contribution in [3.05, 3.63) is 102 Å². The third-order valence-corrected chi connectivity index (χ3v) is 7.67. The molecule has 0 radical (unpaired) electrons. The number of nitrogens with zero attached hydrogens (tertiary/aromatic N) is 2. The molecule has 0 spiro atoms. The van der Waals surface area contributed by atoms with Crippen molar-refractivity contribution < 1.29 is 24.2 Å². The molecule has 0 aliphatic carbocycles. The van der Waals surface area contributed by atoms with Gasteiger partial charge in [0.15, 0.2) is 5.78 Å². The van der Waals surface area contributed by atoms with Crippen LogP contribution in [-0.2, 0) is 4.79 Å². The minimum absolute atomic E-state index is 0.0144. The van der Waals surface area contributed by atoms with Crippen molar-refractivity contribution in [2.75, 3.05) is 13.7 Å². The minimum atomic E-state index is -0.892. The van der Waals surface area contributed by atoms with E-state index >= 15 is 0 Å². The number of carbonyl (C=O) groups excluding carboxylic acids is 1. The van der Waals surface area contributed by atoms with Gasteiger partial charge in [-0.25, -0.2) is 0 Å². The maximum atomic E-state index is 12.6. The van der Waals surface area contributed by atoms with Crippen molar-refractivity contribution in [2.24, 2.45) is 0 Å². The van der Waals surface area contributed by atoms with Gasteiger partial charge in [0, 0.05) is 29.5 Å². The summed E-state index contributed by atoms with van der Waals surface area (Å²) in [5, 5.41) is 16.2. The molecule has 7 heteroatoms. The maximum Gasteiger partial charge on any atom is 0.303 e. The Morgan fingerprint density at radius 2 is 1.65 bits per heavy atom. The topological polar surface area (TPSA) is 90.7 Å². The predicted octanol–water partition coefficient (Wildman–Crippen LogP) is 8.13. The van der Waals surface area contributed by atoms with Crippen LogP contribution in [0, 0.1) is 6.92 Å². The highest BCUT2D eigenvalue weighted by atomic mass is 16.5. The molecule has 0 amide bonds.